The van der Waals surface area contributed by atoms with Gasteiger partial charge in [0.05, 0.1) is 11.3 Å². The molecule has 2 rings (SSSR count). The Morgan fingerprint density at radius 2 is 2.25 bits per heavy atom. The normalized spacial score (nSPS) is 37.4. The number of unbranched alkanes of at least 4 members (excludes halogenated alkanes) is 1. The molecule has 2 aliphatic rings. The van der Waals surface area contributed by atoms with Gasteiger partial charge >= 0.3 is 11.9 Å². The summed E-state index contributed by atoms with van der Waals surface area (Å²) in [6.45, 7) is 3.95. The number of cyclic esters (lactones) is 2. The van der Waals surface area contributed by atoms with Crippen molar-refractivity contribution in [2.45, 2.75) is 39.5 Å². The Bertz CT molecular complexity index is 345. The average molecular weight is 222 g/mol. The molecule has 1 aliphatic heterocycles. The lowest BCUT2D eigenvalue weighted by molar-refractivity contribution is -0.154. The van der Waals surface area contributed by atoms with Crippen LogP contribution in [0.25, 0.3) is 0 Å². The minimum Gasteiger partial charge on any atom is -0.392 e. The zero-order chi connectivity index (χ0) is 11.8. The zero-order valence-corrected chi connectivity index (χ0v) is 9.86. The van der Waals surface area contributed by atoms with Crippen LogP contribution in [0.5, 0.6) is 0 Å². The summed E-state index contributed by atoms with van der Waals surface area (Å²) >= 11 is 0. The molecule has 16 heavy (non-hydrogen) atoms. The monoisotopic (exact) mass is 222 g/mol. The molecule has 3 atom stereocenters. The number of hydrogen-bond acceptors (Lipinski definition) is 3. The summed E-state index contributed by atoms with van der Waals surface area (Å²) in [5.74, 6) is -0.677. The highest BCUT2D eigenvalue weighted by molar-refractivity contribution is 6.00. The van der Waals surface area contributed by atoms with Crippen LogP contribution in [-0.2, 0) is 14.3 Å². The highest BCUT2D eigenvalue weighted by Crippen LogP contribution is 2.47. The number of carbonyl (C=O) groups is 2. The number of fused-ring (bicyclic) bond motifs is 1. The van der Waals surface area contributed by atoms with Gasteiger partial charge < -0.3 is 4.74 Å². The van der Waals surface area contributed by atoms with E-state index in [4.69, 9.17) is 4.74 Å². The Morgan fingerprint density at radius 1 is 1.50 bits per heavy atom. The quantitative estimate of drug-likeness (QED) is 0.418. The number of hydrogen-bond donors (Lipinski definition) is 0. The van der Waals surface area contributed by atoms with Gasteiger partial charge in [0.15, 0.2) is 0 Å². The maximum absolute atomic E-state index is 11.7. The molecule has 1 saturated heterocycles. The van der Waals surface area contributed by atoms with Gasteiger partial charge in [-0.25, -0.2) is 0 Å². The number of rotatable bonds is 3. The smallest absolute Gasteiger partial charge is 0.324 e. The summed E-state index contributed by atoms with van der Waals surface area (Å²) < 4.78 is 4.79. The fourth-order valence-electron chi connectivity index (χ4n) is 2.86. The lowest BCUT2D eigenvalue weighted by Gasteiger charge is -2.32. The molecule has 0 radical (unpaired) electrons. The molecule has 3 heteroatoms. The first kappa shape index (κ1) is 11.4. The topological polar surface area (TPSA) is 43.4 Å². The van der Waals surface area contributed by atoms with Crippen molar-refractivity contribution in [2.24, 2.45) is 17.3 Å². The van der Waals surface area contributed by atoms with Crippen molar-refractivity contribution in [3.63, 3.8) is 0 Å². The van der Waals surface area contributed by atoms with E-state index in [-0.39, 0.29) is 23.8 Å². The number of allylic oxidation sites excluding steroid dienone is 1. The Morgan fingerprint density at radius 3 is 2.94 bits per heavy atom. The molecule has 0 N–H and O–H groups in total. The summed E-state index contributed by atoms with van der Waals surface area (Å²) in [5.41, 5.74) is -0.701. The predicted molar refractivity (Wildman–Crippen MR) is 59.5 cm³/mol. The Kier molecular flexibility index (Phi) is 2.87. The molecule has 88 valence electrons. The van der Waals surface area contributed by atoms with Crippen LogP contribution in [-0.4, -0.2) is 11.9 Å². The maximum Gasteiger partial charge on any atom is 0.324 e. The van der Waals surface area contributed by atoms with Gasteiger partial charge in [-0.05, 0) is 25.7 Å². The van der Waals surface area contributed by atoms with Crippen molar-refractivity contribution in [2.75, 3.05) is 0 Å². The number of carbonyl (C=O) groups excluding carboxylic acids is 2. The molecule has 0 aromatic carbocycles. The van der Waals surface area contributed by atoms with Gasteiger partial charge in [0.2, 0.25) is 0 Å². The molecule has 0 amide bonds. The summed E-state index contributed by atoms with van der Waals surface area (Å²) in [6.07, 6.45) is 8.00. The van der Waals surface area contributed by atoms with Crippen molar-refractivity contribution in [1.29, 1.82) is 0 Å². The maximum atomic E-state index is 11.7. The second-order valence-electron chi connectivity index (χ2n) is 5.01. The van der Waals surface area contributed by atoms with Gasteiger partial charge in [0, 0.05) is 0 Å². The van der Waals surface area contributed by atoms with Gasteiger partial charge in [-0.3, -0.25) is 9.59 Å². The third-order valence-corrected chi connectivity index (χ3v) is 3.84. The third kappa shape index (κ3) is 1.58. The molecule has 0 saturated carbocycles. The van der Waals surface area contributed by atoms with E-state index in [2.05, 4.69) is 6.92 Å². The van der Waals surface area contributed by atoms with Crippen LogP contribution >= 0.6 is 0 Å². The highest BCUT2D eigenvalue weighted by Gasteiger charge is 2.56. The van der Waals surface area contributed by atoms with Crippen LogP contribution in [0.3, 0.4) is 0 Å². The first-order valence-electron chi connectivity index (χ1n) is 6.03. The van der Waals surface area contributed by atoms with Gasteiger partial charge in [0.1, 0.15) is 0 Å². The van der Waals surface area contributed by atoms with Crippen LogP contribution in [0, 0.1) is 17.3 Å². The molecule has 1 heterocycles. The van der Waals surface area contributed by atoms with E-state index < -0.39 is 5.41 Å². The van der Waals surface area contributed by atoms with E-state index in [1.807, 2.05) is 19.1 Å². The minimum atomic E-state index is -0.701. The van der Waals surface area contributed by atoms with Gasteiger partial charge in [-0.1, -0.05) is 31.9 Å². The van der Waals surface area contributed by atoms with Crippen LogP contribution in [0.1, 0.15) is 39.5 Å². The van der Waals surface area contributed by atoms with Gasteiger partial charge in [0.25, 0.3) is 0 Å². The van der Waals surface area contributed by atoms with E-state index in [0.717, 1.165) is 25.7 Å². The zero-order valence-electron chi connectivity index (χ0n) is 9.86. The summed E-state index contributed by atoms with van der Waals surface area (Å²) in [5, 5.41) is 0. The lowest BCUT2D eigenvalue weighted by Crippen LogP contribution is -2.36. The van der Waals surface area contributed by atoms with Crippen molar-refractivity contribution in [3.05, 3.63) is 12.2 Å². The lowest BCUT2D eigenvalue weighted by atomic mass is 9.66. The van der Waals surface area contributed by atoms with E-state index in [0.29, 0.717) is 0 Å². The molecule has 0 aromatic rings. The highest BCUT2D eigenvalue weighted by atomic mass is 16.6. The van der Waals surface area contributed by atoms with E-state index in [1.165, 1.54) is 0 Å². The first-order valence-corrected chi connectivity index (χ1v) is 6.03. The molecule has 3 unspecified atom stereocenters. The van der Waals surface area contributed by atoms with E-state index in [9.17, 15) is 9.59 Å². The first-order chi connectivity index (χ1) is 7.59. The van der Waals surface area contributed by atoms with Crippen LogP contribution in [0.15, 0.2) is 12.2 Å². The standard InChI is InChI=1S/C13H18O3/c1-3-4-6-9-7-5-8-13(2)10(9)11(14)16-12(13)15/h5,8-10H,3-4,6-7H2,1-2H3. The Balaban J connectivity index is 2.23. The molecular weight excluding hydrogens is 204 g/mol. The molecule has 0 spiro atoms. The summed E-state index contributed by atoms with van der Waals surface area (Å²) in [6, 6.07) is 0. The second kappa shape index (κ2) is 4.04. The summed E-state index contributed by atoms with van der Waals surface area (Å²) in [4.78, 5) is 23.4. The van der Waals surface area contributed by atoms with Crippen LogP contribution in [0.4, 0.5) is 0 Å². The SMILES string of the molecule is CCCCC1CC=CC2(C)C(=O)OC(=O)C12. The van der Waals surface area contributed by atoms with Crippen LogP contribution in [0.2, 0.25) is 0 Å². The molecule has 1 aliphatic carbocycles. The largest absolute Gasteiger partial charge is 0.392 e. The molecule has 3 nitrogen and oxygen atoms in total. The second-order valence-corrected chi connectivity index (χ2v) is 5.01. The van der Waals surface area contributed by atoms with E-state index in [1.54, 1.807) is 0 Å². The van der Waals surface area contributed by atoms with Crippen molar-refractivity contribution in [1.82, 2.24) is 0 Å². The number of esters is 2. The molecule has 0 bridgehead atoms. The van der Waals surface area contributed by atoms with Crippen molar-refractivity contribution >= 4 is 11.9 Å². The fraction of sp³-hybridized carbons (Fsp3) is 0.692. The average Bonchev–Trinajstić information content (AvgIpc) is 2.47. The Hall–Kier alpha value is -1.12. The fourth-order valence-corrected chi connectivity index (χ4v) is 2.86. The van der Waals surface area contributed by atoms with Gasteiger partial charge in [-0.2, -0.15) is 0 Å². The minimum absolute atomic E-state index is 0.253. The van der Waals surface area contributed by atoms with Gasteiger partial charge in [-0.15, -0.1) is 0 Å². The van der Waals surface area contributed by atoms with Crippen molar-refractivity contribution < 1.29 is 14.3 Å². The predicted octanol–water partition coefficient (Wildman–Crippen LogP) is 2.46. The van der Waals surface area contributed by atoms with Crippen LogP contribution < -0.4 is 0 Å². The number of ether oxygens (including phenoxy) is 1. The Labute approximate surface area is 95.9 Å². The molecule has 1 fully saturated rings. The van der Waals surface area contributed by atoms with Crippen molar-refractivity contribution in [3.8, 4) is 0 Å². The summed E-state index contributed by atoms with van der Waals surface area (Å²) in [7, 11) is 0. The van der Waals surface area contributed by atoms with E-state index >= 15 is 0 Å². The molecular formula is C13H18O3. The third-order valence-electron chi connectivity index (χ3n) is 3.84. The molecule has 0 aromatic heterocycles.